The standard InChI is InChI=1S/C60H44N2/c1-5-13-45(14-6-1)49-21-33-55(34-22-49)61(56-35-23-50(24-36-56)46-15-7-2-8-16-46)59-41-29-53(30-42-59)54-31-43-60(44-32-54)62(57-37-25-51(26-38-57)47-17-9-3-10-18-47)58-39-27-52(28-40-58)48-19-11-4-12-20-48/h1-44H. The van der Waals surface area contributed by atoms with Crippen LogP contribution in [0.1, 0.15) is 0 Å². The molecule has 0 aliphatic rings. The van der Waals surface area contributed by atoms with Crippen LogP contribution in [-0.2, 0) is 0 Å². The van der Waals surface area contributed by atoms with Crippen molar-refractivity contribution in [1.29, 1.82) is 0 Å². The molecular formula is C60H44N2. The summed E-state index contributed by atoms with van der Waals surface area (Å²) >= 11 is 0. The van der Waals surface area contributed by atoms with Gasteiger partial charge in [-0.1, -0.05) is 194 Å². The van der Waals surface area contributed by atoms with E-state index in [1.807, 2.05) is 0 Å². The molecule has 0 atom stereocenters. The fourth-order valence-corrected chi connectivity index (χ4v) is 8.23. The molecule has 0 aliphatic heterocycles. The third kappa shape index (κ3) is 8.18. The number of hydrogen-bond acceptors (Lipinski definition) is 2. The van der Waals surface area contributed by atoms with Crippen molar-refractivity contribution in [3.8, 4) is 55.6 Å². The first-order valence-corrected chi connectivity index (χ1v) is 21.2. The zero-order chi connectivity index (χ0) is 41.5. The van der Waals surface area contributed by atoms with Crippen LogP contribution in [0.3, 0.4) is 0 Å². The van der Waals surface area contributed by atoms with Gasteiger partial charge < -0.3 is 9.80 Å². The zero-order valence-corrected chi connectivity index (χ0v) is 34.3. The Morgan fingerprint density at radius 3 is 0.403 bits per heavy atom. The maximum Gasteiger partial charge on any atom is 0.0462 e. The lowest BCUT2D eigenvalue weighted by atomic mass is 10.0. The van der Waals surface area contributed by atoms with E-state index in [2.05, 4.69) is 277 Å². The molecular weight excluding hydrogens is 749 g/mol. The van der Waals surface area contributed by atoms with E-state index >= 15 is 0 Å². The maximum atomic E-state index is 2.33. The normalized spacial score (nSPS) is 10.9. The molecule has 0 fully saturated rings. The number of nitrogens with zero attached hydrogens (tertiary/aromatic N) is 2. The molecule has 0 spiro atoms. The molecule has 0 heterocycles. The quantitative estimate of drug-likeness (QED) is 0.129. The molecule has 0 saturated heterocycles. The summed E-state index contributed by atoms with van der Waals surface area (Å²) in [5.74, 6) is 0. The first-order chi connectivity index (χ1) is 30.7. The van der Waals surface area contributed by atoms with Gasteiger partial charge in [0.25, 0.3) is 0 Å². The predicted molar refractivity (Wildman–Crippen MR) is 263 cm³/mol. The lowest BCUT2D eigenvalue weighted by Gasteiger charge is -2.27. The Balaban J connectivity index is 0.960. The highest BCUT2D eigenvalue weighted by atomic mass is 15.1. The highest BCUT2D eigenvalue weighted by Crippen LogP contribution is 2.40. The first-order valence-electron chi connectivity index (χ1n) is 21.2. The van der Waals surface area contributed by atoms with Crippen LogP contribution in [0.5, 0.6) is 0 Å². The summed E-state index contributed by atoms with van der Waals surface area (Å²) in [5.41, 5.74) is 18.5. The lowest BCUT2D eigenvalue weighted by molar-refractivity contribution is 1.28. The molecule has 0 unspecified atom stereocenters. The Kier molecular flexibility index (Phi) is 10.8. The molecule has 0 aromatic heterocycles. The first kappa shape index (κ1) is 38.0. The van der Waals surface area contributed by atoms with Crippen LogP contribution < -0.4 is 9.80 Å². The van der Waals surface area contributed by atoms with Crippen LogP contribution in [0.15, 0.2) is 267 Å². The van der Waals surface area contributed by atoms with Gasteiger partial charge in [0.2, 0.25) is 0 Å². The van der Waals surface area contributed by atoms with Crippen LogP contribution in [0, 0.1) is 0 Å². The summed E-state index contributed by atoms with van der Waals surface area (Å²) in [6.07, 6.45) is 0. The molecule has 10 rings (SSSR count). The molecule has 10 aromatic rings. The smallest absolute Gasteiger partial charge is 0.0462 e. The molecule has 2 heteroatoms. The molecule has 294 valence electrons. The van der Waals surface area contributed by atoms with E-state index in [-0.39, 0.29) is 0 Å². The lowest BCUT2D eigenvalue weighted by Crippen LogP contribution is -2.10. The van der Waals surface area contributed by atoms with Gasteiger partial charge in [-0.05, 0) is 128 Å². The largest absolute Gasteiger partial charge is 0.311 e. The van der Waals surface area contributed by atoms with Crippen molar-refractivity contribution >= 4 is 34.1 Å². The van der Waals surface area contributed by atoms with Crippen molar-refractivity contribution in [2.45, 2.75) is 0 Å². The van der Waals surface area contributed by atoms with E-state index in [9.17, 15) is 0 Å². The van der Waals surface area contributed by atoms with E-state index in [1.165, 1.54) is 44.5 Å². The van der Waals surface area contributed by atoms with Crippen LogP contribution >= 0.6 is 0 Å². The molecule has 0 saturated carbocycles. The Morgan fingerprint density at radius 2 is 0.258 bits per heavy atom. The van der Waals surface area contributed by atoms with Gasteiger partial charge in [-0.15, -0.1) is 0 Å². The summed E-state index contributed by atoms with van der Waals surface area (Å²) in [4.78, 5) is 4.67. The SMILES string of the molecule is c1ccc(-c2ccc(N(c3ccc(-c4ccccc4)cc3)c3ccc(-c4ccc(N(c5ccc(-c6ccccc6)cc5)c5ccc(-c6ccccc6)cc5)cc4)cc3)cc2)cc1. The fraction of sp³-hybridized carbons (Fsp3) is 0. The van der Waals surface area contributed by atoms with E-state index in [0.29, 0.717) is 0 Å². The number of benzene rings is 10. The van der Waals surface area contributed by atoms with Gasteiger partial charge in [-0.3, -0.25) is 0 Å². The number of hydrogen-bond donors (Lipinski definition) is 0. The van der Waals surface area contributed by atoms with Crippen molar-refractivity contribution in [3.05, 3.63) is 267 Å². The highest BCUT2D eigenvalue weighted by molar-refractivity contribution is 5.83. The van der Waals surface area contributed by atoms with Crippen molar-refractivity contribution in [2.75, 3.05) is 9.80 Å². The van der Waals surface area contributed by atoms with Crippen LogP contribution in [0.2, 0.25) is 0 Å². The summed E-state index contributed by atoms with van der Waals surface area (Å²) in [6.45, 7) is 0. The Hall–Kier alpha value is -8.20. The number of anilines is 6. The molecule has 2 nitrogen and oxygen atoms in total. The maximum absolute atomic E-state index is 2.33. The van der Waals surface area contributed by atoms with Gasteiger partial charge in [0, 0.05) is 34.1 Å². The second-order valence-corrected chi connectivity index (χ2v) is 15.4. The Bertz CT molecular complexity index is 2590. The van der Waals surface area contributed by atoms with Gasteiger partial charge in [-0.25, -0.2) is 0 Å². The van der Waals surface area contributed by atoms with Crippen molar-refractivity contribution in [1.82, 2.24) is 0 Å². The molecule has 0 amide bonds. The van der Waals surface area contributed by atoms with E-state index in [0.717, 1.165) is 45.3 Å². The summed E-state index contributed by atoms with van der Waals surface area (Å²) in [5, 5.41) is 0. The second-order valence-electron chi connectivity index (χ2n) is 15.4. The molecule has 0 radical (unpaired) electrons. The van der Waals surface area contributed by atoms with Gasteiger partial charge >= 0.3 is 0 Å². The van der Waals surface area contributed by atoms with E-state index in [4.69, 9.17) is 0 Å². The average molecular weight is 793 g/mol. The predicted octanol–water partition coefficient (Wildman–Crippen LogP) is 17.0. The van der Waals surface area contributed by atoms with Gasteiger partial charge in [0.05, 0.1) is 0 Å². The van der Waals surface area contributed by atoms with Crippen LogP contribution in [0.25, 0.3) is 55.6 Å². The van der Waals surface area contributed by atoms with Crippen molar-refractivity contribution in [2.24, 2.45) is 0 Å². The van der Waals surface area contributed by atoms with Gasteiger partial charge in [0.1, 0.15) is 0 Å². The van der Waals surface area contributed by atoms with E-state index in [1.54, 1.807) is 0 Å². The number of rotatable bonds is 11. The monoisotopic (exact) mass is 792 g/mol. The molecule has 0 bridgehead atoms. The topological polar surface area (TPSA) is 6.48 Å². The van der Waals surface area contributed by atoms with Gasteiger partial charge in [-0.2, -0.15) is 0 Å². The third-order valence-electron chi connectivity index (χ3n) is 11.5. The van der Waals surface area contributed by atoms with Crippen molar-refractivity contribution in [3.63, 3.8) is 0 Å². The summed E-state index contributed by atoms with van der Waals surface area (Å²) in [6, 6.07) is 95.5. The van der Waals surface area contributed by atoms with Crippen LogP contribution in [-0.4, -0.2) is 0 Å². The third-order valence-corrected chi connectivity index (χ3v) is 11.5. The molecule has 10 aromatic carbocycles. The molecule has 0 N–H and O–H groups in total. The van der Waals surface area contributed by atoms with Crippen LogP contribution in [0.4, 0.5) is 34.1 Å². The zero-order valence-electron chi connectivity index (χ0n) is 34.3. The van der Waals surface area contributed by atoms with Gasteiger partial charge in [0.15, 0.2) is 0 Å². The summed E-state index contributed by atoms with van der Waals surface area (Å²) in [7, 11) is 0. The molecule has 62 heavy (non-hydrogen) atoms. The molecule has 0 aliphatic carbocycles. The summed E-state index contributed by atoms with van der Waals surface area (Å²) < 4.78 is 0. The minimum Gasteiger partial charge on any atom is -0.311 e. The Labute approximate surface area is 364 Å². The van der Waals surface area contributed by atoms with E-state index < -0.39 is 0 Å². The average Bonchev–Trinajstić information content (AvgIpc) is 3.36. The fourth-order valence-electron chi connectivity index (χ4n) is 8.23. The van der Waals surface area contributed by atoms with Crippen molar-refractivity contribution < 1.29 is 0 Å². The Morgan fingerprint density at radius 1 is 0.129 bits per heavy atom. The minimum atomic E-state index is 1.09. The highest BCUT2D eigenvalue weighted by Gasteiger charge is 2.16. The second kappa shape index (κ2) is 17.6. The minimum absolute atomic E-state index is 1.09.